The van der Waals surface area contributed by atoms with Gasteiger partial charge in [0.05, 0.1) is 7.11 Å². The second kappa shape index (κ2) is 7.97. The van der Waals surface area contributed by atoms with Crippen molar-refractivity contribution in [2.45, 2.75) is 0 Å². The van der Waals surface area contributed by atoms with Crippen molar-refractivity contribution in [3.63, 3.8) is 0 Å². The maximum Gasteiger partial charge on any atom is 0.291 e. The Morgan fingerprint density at radius 3 is 2.38 bits per heavy atom. The highest BCUT2D eigenvalue weighted by Gasteiger charge is 2.28. The fourth-order valence-corrected chi connectivity index (χ4v) is 3.40. The van der Waals surface area contributed by atoms with Crippen molar-refractivity contribution in [3.8, 4) is 5.75 Å². The normalized spacial score (nSPS) is 14.8. The van der Waals surface area contributed by atoms with E-state index in [2.05, 4.69) is 10.2 Å². The molecule has 2 heterocycles. The highest BCUT2D eigenvalue weighted by molar-refractivity contribution is 6.14. The lowest BCUT2D eigenvalue weighted by atomic mass is 10.1. The van der Waals surface area contributed by atoms with Gasteiger partial charge in [0.2, 0.25) is 5.76 Å². The number of furan rings is 1. The molecule has 150 valence electrons. The van der Waals surface area contributed by atoms with E-state index in [1.807, 2.05) is 25.2 Å². The molecule has 1 fully saturated rings. The highest BCUT2D eigenvalue weighted by Crippen LogP contribution is 2.32. The predicted octanol–water partition coefficient (Wildman–Crippen LogP) is 3.08. The molecule has 0 saturated carbocycles. The Labute approximate surface area is 168 Å². The van der Waals surface area contributed by atoms with E-state index in [1.54, 1.807) is 42.3 Å². The molecular weight excluding hydrogens is 370 g/mol. The number of nitrogens with zero attached hydrogens (tertiary/aromatic N) is 2. The summed E-state index contributed by atoms with van der Waals surface area (Å²) in [7, 11) is 3.60. The minimum atomic E-state index is -0.313. The smallest absolute Gasteiger partial charge is 0.291 e. The Morgan fingerprint density at radius 2 is 1.69 bits per heavy atom. The summed E-state index contributed by atoms with van der Waals surface area (Å²) in [4.78, 5) is 29.9. The number of benzene rings is 2. The number of amides is 2. The third-order valence-corrected chi connectivity index (χ3v) is 5.17. The van der Waals surface area contributed by atoms with Gasteiger partial charge in [-0.25, -0.2) is 0 Å². The molecule has 7 nitrogen and oxygen atoms in total. The van der Waals surface area contributed by atoms with Crippen LogP contribution in [0.15, 0.2) is 52.9 Å². The number of ether oxygens (including phenoxy) is 1. The summed E-state index contributed by atoms with van der Waals surface area (Å²) in [5, 5.41) is 3.59. The van der Waals surface area contributed by atoms with E-state index >= 15 is 0 Å². The van der Waals surface area contributed by atoms with Gasteiger partial charge in [-0.1, -0.05) is 12.1 Å². The first-order valence-corrected chi connectivity index (χ1v) is 9.51. The second-order valence-corrected chi connectivity index (χ2v) is 7.08. The van der Waals surface area contributed by atoms with Crippen molar-refractivity contribution in [2.75, 3.05) is 45.7 Å². The first-order valence-electron chi connectivity index (χ1n) is 9.51. The van der Waals surface area contributed by atoms with Gasteiger partial charge in [-0.05, 0) is 43.4 Å². The lowest BCUT2D eigenvalue weighted by molar-refractivity contribution is 0.0636. The molecule has 1 aliphatic heterocycles. The number of piperazine rings is 1. The number of para-hydroxylation sites is 1. The molecule has 2 aromatic carbocycles. The number of rotatable bonds is 4. The van der Waals surface area contributed by atoms with E-state index in [0.29, 0.717) is 41.1 Å². The number of fused-ring (bicyclic) bond motifs is 1. The van der Waals surface area contributed by atoms with Crippen molar-refractivity contribution in [2.24, 2.45) is 0 Å². The van der Waals surface area contributed by atoms with Crippen molar-refractivity contribution in [1.29, 1.82) is 0 Å². The zero-order valence-corrected chi connectivity index (χ0v) is 16.5. The molecule has 2 amide bonds. The molecule has 4 rings (SSSR count). The van der Waals surface area contributed by atoms with Gasteiger partial charge < -0.3 is 24.3 Å². The number of hydrogen-bond donors (Lipinski definition) is 1. The fourth-order valence-electron chi connectivity index (χ4n) is 3.40. The number of nitrogens with one attached hydrogen (secondary N) is 1. The van der Waals surface area contributed by atoms with Crippen LogP contribution in [-0.4, -0.2) is 62.0 Å². The zero-order valence-electron chi connectivity index (χ0n) is 16.5. The minimum Gasteiger partial charge on any atom is -0.497 e. The largest absolute Gasteiger partial charge is 0.497 e. The SMILES string of the molecule is COc1ccc(C(=O)Nc2c(C(=O)N3CCN(C)CC3)oc3ccccc23)cc1. The lowest BCUT2D eigenvalue weighted by Crippen LogP contribution is -2.47. The van der Waals surface area contributed by atoms with E-state index < -0.39 is 0 Å². The topological polar surface area (TPSA) is 75.0 Å². The summed E-state index contributed by atoms with van der Waals surface area (Å²) >= 11 is 0. The van der Waals surface area contributed by atoms with Crippen molar-refractivity contribution in [3.05, 3.63) is 59.9 Å². The lowest BCUT2D eigenvalue weighted by Gasteiger charge is -2.32. The molecule has 0 radical (unpaired) electrons. The summed E-state index contributed by atoms with van der Waals surface area (Å²) in [5.74, 6) is 0.310. The zero-order chi connectivity index (χ0) is 20.4. The average Bonchev–Trinajstić information content (AvgIpc) is 3.12. The van der Waals surface area contributed by atoms with Gasteiger partial charge in [-0.3, -0.25) is 9.59 Å². The van der Waals surface area contributed by atoms with E-state index in [9.17, 15) is 9.59 Å². The minimum absolute atomic E-state index is 0.164. The molecule has 0 bridgehead atoms. The number of hydrogen-bond acceptors (Lipinski definition) is 5. The van der Waals surface area contributed by atoms with E-state index in [0.717, 1.165) is 13.1 Å². The number of methoxy groups -OCH3 is 1. The van der Waals surface area contributed by atoms with Crippen LogP contribution in [0.3, 0.4) is 0 Å². The molecule has 1 aliphatic rings. The molecule has 3 aromatic rings. The molecule has 0 aliphatic carbocycles. The third kappa shape index (κ3) is 3.82. The predicted molar refractivity (Wildman–Crippen MR) is 111 cm³/mol. The maximum atomic E-state index is 13.1. The Hall–Kier alpha value is -3.32. The third-order valence-electron chi connectivity index (χ3n) is 5.17. The molecule has 1 N–H and O–H groups in total. The Kier molecular flexibility index (Phi) is 5.22. The molecule has 0 unspecified atom stereocenters. The second-order valence-electron chi connectivity index (χ2n) is 7.08. The fraction of sp³-hybridized carbons (Fsp3) is 0.273. The number of likely N-dealkylation sites (N-methyl/N-ethyl adjacent to an activating group) is 1. The first kappa shape index (κ1) is 19.0. The summed E-state index contributed by atoms with van der Waals surface area (Å²) < 4.78 is 11.0. The monoisotopic (exact) mass is 393 g/mol. The van der Waals surface area contributed by atoms with Crippen LogP contribution in [0.5, 0.6) is 5.75 Å². The Morgan fingerprint density at radius 1 is 1.00 bits per heavy atom. The summed E-state index contributed by atoms with van der Waals surface area (Å²) in [6.07, 6.45) is 0. The Balaban J connectivity index is 1.66. The summed E-state index contributed by atoms with van der Waals surface area (Å²) in [6.45, 7) is 2.86. The average molecular weight is 393 g/mol. The molecule has 1 aromatic heterocycles. The highest BCUT2D eigenvalue weighted by atomic mass is 16.5. The van der Waals surface area contributed by atoms with Crippen LogP contribution >= 0.6 is 0 Å². The number of carbonyl (C=O) groups is 2. The van der Waals surface area contributed by atoms with Crippen LogP contribution in [-0.2, 0) is 0 Å². The molecule has 0 spiro atoms. The van der Waals surface area contributed by atoms with Crippen LogP contribution < -0.4 is 10.1 Å². The maximum absolute atomic E-state index is 13.1. The molecule has 0 atom stereocenters. The van der Waals surface area contributed by atoms with Crippen LogP contribution in [0.4, 0.5) is 5.69 Å². The van der Waals surface area contributed by atoms with Gasteiger partial charge in [0.1, 0.15) is 17.0 Å². The molecule has 1 saturated heterocycles. The number of anilines is 1. The Bertz CT molecular complexity index is 1030. The molecule has 29 heavy (non-hydrogen) atoms. The summed E-state index contributed by atoms with van der Waals surface area (Å²) in [6, 6.07) is 14.1. The van der Waals surface area contributed by atoms with Crippen molar-refractivity contribution in [1.82, 2.24) is 9.80 Å². The van der Waals surface area contributed by atoms with Crippen molar-refractivity contribution < 1.29 is 18.7 Å². The van der Waals surface area contributed by atoms with Gasteiger partial charge >= 0.3 is 0 Å². The van der Waals surface area contributed by atoms with E-state index in [1.165, 1.54) is 0 Å². The van der Waals surface area contributed by atoms with Gasteiger partial charge in [0, 0.05) is 37.1 Å². The quantitative estimate of drug-likeness (QED) is 0.737. The van der Waals surface area contributed by atoms with Gasteiger partial charge in [-0.15, -0.1) is 0 Å². The van der Waals surface area contributed by atoms with Crippen LogP contribution in [0.1, 0.15) is 20.9 Å². The summed E-state index contributed by atoms with van der Waals surface area (Å²) in [5.41, 5.74) is 1.44. The molecule has 7 heteroatoms. The van der Waals surface area contributed by atoms with Crippen LogP contribution in [0.2, 0.25) is 0 Å². The van der Waals surface area contributed by atoms with Gasteiger partial charge in [0.25, 0.3) is 11.8 Å². The van der Waals surface area contributed by atoms with Gasteiger partial charge in [0.15, 0.2) is 0 Å². The first-order chi connectivity index (χ1) is 14.1. The van der Waals surface area contributed by atoms with Crippen LogP contribution in [0, 0.1) is 0 Å². The van der Waals surface area contributed by atoms with E-state index in [4.69, 9.17) is 9.15 Å². The molecular formula is C22H23N3O4. The van der Waals surface area contributed by atoms with Gasteiger partial charge in [-0.2, -0.15) is 0 Å². The van der Waals surface area contributed by atoms with E-state index in [-0.39, 0.29) is 17.6 Å². The van der Waals surface area contributed by atoms with Crippen LogP contribution in [0.25, 0.3) is 11.0 Å². The number of carbonyl (C=O) groups excluding carboxylic acids is 2. The standard InChI is InChI=1S/C22H23N3O4/c1-24-11-13-25(14-12-24)22(27)20-19(17-5-3-4-6-18(17)29-20)23-21(26)15-7-9-16(28-2)10-8-15/h3-10H,11-14H2,1-2H3,(H,23,26). The van der Waals surface area contributed by atoms with Crippen molar-refractivity contribution >= 4 is 28.5 Å².